The summed E-state index contributed by atoms with van der Waals surface area (Å²) < 4.78 is 37.4. The summed E-state index contributed by atoms with van der Waals surface area (Å²) in [6, 6.07) is 9.68. The highest BCUT2D eigenvalue weighted by atomic mass is 35.5. The van der Waals surface area contributed by atoms with Gasteiger partial charge in [-0.05, 0) is 54.2 Å². The van der Waals surface area contributed by atoms with Gasteiger partial charge in [-0.3, -0.25) is 0 Å². The Morgan fingerprint density at radius 3 is 2.26 bits per heavy atom. The van der Waals surface area contributed by atoms with Crippen LogP contribution >= 0.6 is 35.4 Å². The molecule has 8 heteroatoms. The van der Waals surface area contributed by atoms with Gasteiger partial charge in [0.05, 0.1) is 5.56 Å². The van der Waals surface area contributed by atoms with E-state index in [0.29, 0.717) is 22.3 Å². The number of anilines is 1. The molecule has 0 bridgehead atoms. The van der Waals surface area contributed by atoms with Gasteiger partial charge in [0, 0.05) is 22.3 Å². The van der Waals surface area contributed by atoms with E-state index in [0.717, 1.165) is 17.7 Å². The summed E-state index contributed by atoms with van der Waals surface area (Å²) in [6.45, 7) is 0.364. The van der Waals surface area contributed by atoms with Gasteiger partial charge in [-0.1, -0.05) is 29.3 Å². The highest BCUT2D eigenvalue weighted by molar-refractivity contribution is 7.80. The number of thiocarbonyl (C=S) groups is 1. The number of alkyl halides is 3. The second-order valence-electron chi connectivity index (χ2n) is 4.62. The molecule has 0 saturated carbocycles. The zero-order chi connectivity index (χ0) is 17.0. The predicted molar refractivity (Wildman–Crippen MR) is 91.0 cm³/mol. The monoisotopic (exact) mass is 378 g/mol. The van der Waals surface area contributed by atoms with Gasteiger partial charge >= 0.3 is 6.18 Å². The van der Waals surface area contributed by atoms with Gasteiger partial charge in [-0.2, -0.15) is 13.2 Å². The lowest BCUT2D eigenvalue weighted by Crippen LogP contribution is -2.28. The number of halogens is 5. The van der Waals surface area contributed by atoms with Crippen LogP contribution in [0.15, 0.2) is 42.5 Å². The van der Waals surface area contributed by atoms with Gasteiger partial charge in [0.25, 0.3) is 0 Å². The summed E-state index contributed by atoms with van der Waals surface area (Å²) in [5, 5.41) is 7.04. The normalized spacial score (nSPS) is 11.2. The molecule has 2 aromatic carbocycles. The van der Waals surface area contributed by atoms with E-state index in [1.165, 1.54) is 12.1 Å². The molecule has 0 aliphatic carbocycles. The summed E-state index contributed by atoms with van der Waals surface area (Å²) in [5.41, 5.74) is 0.542. The van der Waals surface area contributed by atoms with Crippen LogP contribution < -0.4 is 10.6 Å². The number of hydrogen-bond acceptors (Lipinski definition) is 1. The van der Waals surface area contributed by atoms with E-state index in [-0.39, 0.29) is 5.11 Å². The zero-order valence-electron chi connectivity index (χ0n) is 11.5. The van der Waals surface area contributed by atoms with E-state index in [4.69, 9.17) is 35.4 Å². The van der Waals surface area contributed by atoms with Crippen LogP contribution in [0.5, 0.6) is 0 Å². The first-order chi connectivity index (χ1) is 10.8. The molecule has 0 radical (unpaired) electrons. The molecule has 0 aromatic heterocycles. The van der Waals surface area contributed by atoms with Crippen LogP contribution in [0.3, 0.4) is 0 Å². The molecule has 0 atom stereocenters. The molecule has 0 spiro atoms. The molecule has 2 aromatic rings. The van der Waals surface area contributed by atoms with E-state index in [9.17, 15) is 13.2 Å². The lowest BCUT2D eigenvalue weighted by Gasteiger charge is -2.12. The van der Waals surface area contributed by atoms with Gasteiger partial charge in [0.15, 0.2) is 5.11 Å². The fourth-order valence-electron chi connectivity index (χ4n) is 1.76. The van der Waals surface area contributed by atoms with Crippen molar-refractivity contribution < 1.29 is 13.2 Å². The number of hydrogen-bond donors (Lipinski definition) is 2. The minimum absolute atomic E-state index is 0.274. The van der Waals surface area contributed by atoms with Crippen molar-refractivity contribution in [1.82, 2.24) is 5.32 Å². The first kappa shape index (κ1) is 17.8. The van der Waals surface area contributed by atoms with Crippen LogP contribution in [0, 0.1) is 0 Å². The highest BCUT2D eigenvalue weighted by Crippen LogP contribution is 2.29. The minimum atomic E-state index is -4.36. The van der Waals surface area contributed by atoms with Gasteiger partial charge in [-0.25, -0.2) is 0 Å². The summed E-state index contributed by atoms with van der Waals surface area (Å²) in [6.07, 6.45) is -4.36. The van der Waals surface area contributed by atoms with E-state index < -0.39 is 11.7 Å². The molecule has 23 heavy (non-hydrogen) atoms. The third-order valence-corrected chi connectivity index (χ3v) is 3.76. The van der Waals surface area contributed by atoms with Gasteiger partial charge in [0.2, 0.25) is 0 Å². The first-order valence-electron chi connectivity index (χ1n) is 6.42. The number of nitrogens with one attached hydrogen (secondary N) is 2. The average molecular weight is 379 g/mol. The van der Waals surface area contributed by atoms with Gasteiger partial charge in [-0.15, -0.1) is 0 Å². The Hall–Kier alpha value is -1.50. The molecule has 2 rings (SSSR count). The van der Waals surface area contributed by atoms with Crippen LogP contribution in [-0.2, 0) is 12.7 Å². The lowest BCUT2D eigenvalue weighted by molar-refractivity contribution is -0.137. The third-order valence-electron chi connectivity index (χ3n) is 2.92. The summed E-state index contributed by atoms with van der Waals surface area (Å²) >= 11 is 16.9. The van der Waals surface area contributed by atoms with Gasteiger partial charge in [0.1, 0.15) is 0 Å². The van der Waals surface area contributed by atoms with Crippen molar-refractivity contribution in [1.29, 1.82) is 0 Å². The van der Waals surface area contributed by atoms with Crippen LogP contribution in [0.2, 0.25) is 10.0 Å². The van der Waals surface area contributed by atoms with Crippen molar-refractivity contribution in [2.75, 3.05) is 5.32 Å². The minimum Gasteiger partial charge on any atom is -0.358 e. The molecule has 2 N–H and O–H groups in total. The van der Waals surface area contributed by atoms with E-state index in [1.807, 2.05) is 0 Å². The van der Waals surface area contributed by atoms with Crippen LogP contribution in [0.1, 0.15) is 11.1 Å². The Morgan fingerprint density at radius 1 is 1.04 bits per heavy atom. The second kappa shape index (κ2) is 7.38. The molecule has 122 valence electrons. The Morgan fingerprint density at radius 2 is 1.70 bits per heavy atom. The van der Waals surface area contributed by atoms with E-state index >= 15 is 0 Å². The van der Waals surface area contributed by atoms with E-state index in [1.54, 1.807) is 18.2 Å². The van der Waals surface area contributed by atoms with E-state index in [2.05, 4.69) is 10.6 Å². The molecular weight excluding hydrogens is 368 g/mol. The fourth-order valence-corrected chi connectivity index (χ4v) is 2.42. The second-order valence-corrected chi connectivity index (χ2v) is 5.87. The molecule has 0 heterocycles. The Balaban J connectivity index is 1.92. The maximum atomic E-state index is 12.5. The zero-order valence-corrected chi connectivity index (χ0v) is 13.9. The molecule has 0 aliphatic heterocycles. The largest absolute Gasteiger partial charge is 0.416 e. The Bertz CT molecular complexity index is 703. The molecule has 0 aliphatic rings. The third kappa shape index (κ3) is 5.27. The number of rotatable bonds is 3. The average Bonchev–Trinajstić information content (AvgIpc) is 2.46. The summed E-state index contributed by atoms with van der Waals surface area (Å²) in [4.78, 5) is 0. The molecule has 0 fully saturated rings. The predicted octanol–water partition coefficient (Wildman–Crippen LogP) is 5.50. The molecule has 0 unspecified atom stereocenters. The number of benzene rings is 2. The SMILES string of the molecule is FC(F)(F)c1ccc(NC(=S)NCc2ccc(Cl)cc2Cl)cc1. The summed E-state index contributed by atoms with van der Waals surface area (Å²) in [5.74, 6) is 0. The smallest absolute Gasteiger partial charge is 0.358 e. The highest BCUT2D eigenvalue weighted by Gasteiger charge is 2.29. The first-order valence-corrected chi connectivity index (χ1v) is 7.58. The van der Waals surface area contributed by atoms with Gasteiger partial charge < -0.3 is 10.6 Å². The standard InChI is InChI=1S/C15H11Cl2F3N2S/c16-11-4-1-9(13(17)7-11)8-21-14(23)22-12-5-2-10(3-6-12)15(18,19)20/h1-7H,8H2,(H2,21,22,23). The molecular formula is C15H11Cl2F3N2S. The van der Waals surface area contributed by atoms with Crippen molar-refractivity contribution in [2.24, 2.45) is 0 Å². The van der Waals surface area contributed by atoms with Crippen LogP contribution in [0.4, 0.5) is 18.9 Å². The van der Waals surface area contributed by atoms with Crippen molar-refractivity contribution in [3.63, 3.8) is 0 Å². The maximum Gasteiger partial charge on any atom is 0.416 e. The summed E-state index contributed by atoms with van der Waals surface area (Å²) in [7, 11) is 0. The van der Waals surface area contributed by atoms with Crippen LogP contribution in [0.25, 0.3) is 0 Å². The topological polar surface area (TPSA) is 24.1 Å². The van der Waals surface area contributed by atoms with Crippen molar-refractivity contribution >= 4 is 46.2 Å². The molecule has 2 nitrogen and oxygen atoms in total. The lowest BCUT2D eigenvalue weighted by atomic mass is 10.2. The quantitative estimate of drug-likeness (QED) is 0.689. The Kier molecular flexibility index (Phi) is 5.73. The fraction of sp³-hybridized carbons (Fsp3) is 0.133. The molecule has 0 amide bonds. The Labute approximate surface area is 146 Å². The maximum absolute atomic E-state index is 12.5. The van der Waals surface area contributed by atoms with Crippen molar-refractivity contribution in [3.05, 3.63) is 63.6 Å². The molecule has 0 saturated heterocycles. The van der Waals surface area contributed by atoms with Crippen LogP contribution in [-0.4, -0.2) is 5.11 Å². The van der Waals surface area contributed by atoms with Crippen molar-refractivity contribution in [3.8, 4) is 0 Å². The van der Waals surface area contributed by atoms with Crippen molar-refractivity contribution in [2.45, 2.75) is 12.7 Å².